The highest BCUT2D eigenvalue weighted by atomic mass is 35.5. The topological polar surface area (TPSA) is 40.5 Å². The van der Waals surface area contributed by atoms with Crippen molar-refractivity contribution in [2.24, 2.45) is 5.41 Å². The minimum absolute atomic E-state index is 0.382. The standard InChI is InChI=1S/C17H22ClNO2/c1-3-17(4-2)9-10-19(12-17)15-7-6-14(18)11-13(15)5-8-16(20)21/h5-8,11H,3-4,9-10,12H2,1-2H3,(H,20,21)/b8-5+. The van der Waals surface area contributed by atoms with Crippen molar-refractivity contribution in [3.8, 4) is 0 Å². The minimum atomic E-state index is -0.946. The molecule has 0 aromatic heterocycles. The van der Waals surface area contributed by atoms with E-state index >= 15 is 0 Å². The molecule has 114 valence electrons. The molecule has 1 heterocycles. The molecule has 1 aliphatic heterocycles. The number of carboxylic acid groups (broad SMARTS) is 1. The molecule has 0 unspecified atom stereocenters. The number of carbonyl (C=O) groups is 1. The summed E-state index contributed by atoms with van der Waals surface area (Å²) in [5, 5.41) is 9.45. The van der Waals surface area contributed by atoms with Gasteiger partial charge in [0.25, 0.3) is 0 Å². The molecule has 1 saturated heterocycles. The van der Waals surface area contributed by atoms with Gasteiger partial charge < -0.3 is 10.0 Å². The number of hydrogen-bond donors (Lipinski definition) is 1. The second kappa shape index (κ2) is 6.52. The Morgan fingerprint density at radius 2 is 2.14 bits per heavy atom. The van der Waals surface area contributed by atoms with Crippen LogP contribution >= 0.6 is 11.6 Å². The van der Waals surface area contributed by atoms with E-state index in [0.29, 0.717) is 10.4 Å². The molecule has 0 spiro atoms. The predicted molar refractivity (Wildman–Crippen MR) is 88.0 cm³/mol. The van der Waals surface area contributed by atoms with Gasteiger partial charge in [-0.1, -0.05) is 25.4 Å². The maximum absolute atomic E-state index is 10.8. The van der Waals surface area contributed by atoms with Gasteiger partial charge in [0, 0.05) is 29.9 Å². The first-order chi connectivity index (χ1) is 9.99. The summed E-state index contributed by atoms with van der Waals surface area (Å²) in [6, 6.07) is 5.69. The fourth-order valence-corrected chi connectivity index (χ4v) is 3.26. The summed E-state index contributed by atoms with van der Waals surface area (Å²) in [7, 11) is 0. The van der Waals surface area contributed by atoms with Gasteiger partial charge in [-0.25, -0.2) is 4.79 Å². The van der Waals surface area contributed by atoms with Crippen molar-refractivity contribution in [1.82, 2.24) is 0 Å². The highest BCUT2D eigenvalue weighted by Crippen LogP contribution is 2.40. The van der Waals surface area contributed by atoms with E-state index in [4.69, 9.17) is 16.7 Å². The Labute approximate surface area is 131 Å². The lowest BCUT2D eigenvalue weighted by molar-refractivity contribution is -0.131. The molecule has 0 bridgehead atoms. The van der Waals surface area contributed by atoms with Gasteiger partial charge in [-0.15, -0.1) is 0 Å². The molecule has 0 radical (unpaired) electrons. The fraction of sp³-hybridized carbons (Fsp3) is 0.471. The number of nitrogens with zero attached hydrogens (tertiary/aromatic N) is 1. The monoisotopic (exact) mass is 307 g/mol. The van der Waals surface area contributed by atoms with Gasteiger partial charge in [-0.05, 0) is 54.5 Å². The Morgan fingerprint density at radius 3 is 2.71 bits per heavy atom. The van der Waals surface area contributed by atoms with Gasteiger partial charge in [0.2, 0.25) is 0 Å². The minimum Gasteiger partial charge on any atom is -0.478 e. The van der Waals surface area contributed by atoms with Crippen LogP contribution < -0.4 is 4.90 Å². The average molecular weight is 308 g/mol. The van der Waals surface area contributed by atoms with Crippen molar-refractivity contribution < 1.29 is 9.90 Å². The van der Waals surface area contributed by atoms with E-state index in [9.17, 15) is 4.79 Å². The maximum atomic E-state index is 10.8. The summed E-state index contributed by atoms with van der Waals surface area (Å²) in [6.07, 6.45) is 6.33. The molecule has 3 nitrogen and oxygen atoms in total. The molecule has 21 heavy (non-hydrogen) atoms. The SMILES string of the molecule is CCC1(CC)CCN(c2ccc(Cl)cc2/C=C/C(=O)O)C1. The molecule has 4 heteroatoms. The van der Waals surface area contributed by atoms with Crippen LogP contribution in [0.2, 0.25) is 5.02 Å². The molecule has 1 aliphatic rings. The van der Waals surface area contributed by atoms with Gasteiger partial charge in [0.1, 0.15) is 0 Å². The lowest BCUT2D eigenvalue weighted by Gasteiger charge is -2.28. The van der Waals surface area contributed by atoms with Crippen LogP contribution in [0.5, 0.6) is 0 Å². The third-order valence-corrected chi connectivity index (χ3v) is 4.91. The van der Waals surface area contributed by atoms with E-state index in [2.05, 4.69) is 18.7 Å². The summed E-state index contributed by atoms with van der Waals surface area (Å²) in [5.74, 6) is -0.946. The second-order valence-electron chi connectivity index (χ2n) is 5.75. The van der Waals surface area contributed by atoms with E-state index in [1.165, 1.54) is 19.3 Å². The molecule has 0 amide bonds. The van der Waals surface area contributed by atoms with Crippen LogP contribution in [0.3, 0.4) is 0 Å². The summed E-state index contributed by atoms with van der Waals surface area (Å²) in [6.45, 7) is 6.53. The number of halogens is 1. The molecule has 0 saturated carbocycles. The molecule has 0 aliphatic carbocycles. The van der Waals surface area contributed by atoms with Crippen molar-refractivity contribution in [2.75, 3.05) is 18.0 Å². The van der Waals surface area contributed by atoms with Gasteiger partial charge in [-0.3, -0.25) is 0 Å². The summed E-state index contributed by atoms with van der Waals surface area (Å²) in [5.41, 5.74) is 2.32. The summed E-state index contributed by atoms with van der Waals surface area (Å²) >= 11 is 6.05. The lowest BCUT2D eigenvalue weighted by Crippen LogP contribution is -2.26. The number of hydrogen-bond acceptors (Lipinski definition) is 2. The predicted octanol–water partition coefficient (Wildman–Crippen LogP) is 4.45. The number of carboxylic acids is 1. The van der Waals surface area contributed by atoms with Gasteiger partial charge >= 0.3 is 5.97 Å². The second-order valence-corrected chi connectivity index (χ2v) is 6.19. The fourth-order valence-electron chi connectivity index (χ4n) is 3.08. The zero-order valence-corrected chi connectivity index (χ0v) is 13.4. The van der Waals surface area contributed by atoms with E-state index in [1.807, 2.05) is 18.2 Å². The number of anilines is 1. The van der Waals surface area contributed by atoms with E-state index < -0.39 is 5.97 Å². The van der Waals surface area contributed by atoms with Crippen molar-refractivity contribution in [3.63, 3.8) is 0 Å². The molecule has 1 aromatic carbocycles. The zero-order chi connectivity index (χ0) is 15.5. The Kier molecular flexibility index (Phi) is 4.94. The quantitative estimate of drug-likeness (QED) is 0.817. The first kappa shape index (κ1) is 15.9. The third-order valence-electron chi connectivity index (χ3n) is 4.67. The zero-order valence-electron chi connectivity index (χ0n) is 12.6. The van der Waals surface area contributed by atoms with Crippen molar-refractivity contribution in [2.45, 2.75) is 33.1 Å². The van der Waals surface area contributed by atoms with Crippen LogP contribution in [0.4, 0.5) is 5.69 Å². The molecular formula is C17H22ClNO2. The number of rotatable bonds is 5. The molecule has 0 atom stereocenters. The highest BCUT2D eigenvalue weighted by Gasteiger charge is 2.35. The van der Waals surface area contributed by atoms with E-state index in [1.54, 1.807) is 6.08 Å². The molecule has 2 rings (SSSR count). The molecule has 1 N–H and O–H groups in total. The van der Waals surface area contributed by atoms with Gasteiger partial charge in [0.15, 0.2) is 0 Å². The summed E-state index contributed by atoms with van der Waals surface area (Å²) < 4.78 is 0. The Bertz CT molecular complexity index is 550. The van der Waals surface area contributed by atoms with E-state index in [0.717, 1.165) is 30.4 Å². The Hall–Kier alpha value is -1.48. The third kappa shape index (κ3) is 3.59. The number of benzene rings is 1. The van der Waals surface area contributed by atoms with Crippen LogP contribution in [0.15, 0.2) is 24.3 Å². The van der Waals surface area contributed by atoms with Crippen molar-refractivity contribution in [3.05, 3.63) is 34.9 Å². The maximum Gasteiger partial charge on any atom is 0.328 e. The highest BCUT2D eigenvalue weighted by molar-refractivity contribution is 6.30. The van der Waals surface area contributed by atoms with E-state index in [-0.39, 0.29) is 0 Å². The molecule has 1 aromatic rings. The van der Waals surface area contributed by atoms with Gasteiger partial charge in [-0.2, -0.15) is 0 Å². The lowest BCUT2D eigenvalue weighted by atomic mass is 9.82. The Morgan fingerprint density at radius 1 is 1.43 bits per heavy atom. The van der Waals surface area contributed by atoms with Gasteiger partial charge in [0.05, 0.1) is 0 Å². The van der Waals surface area contributed by atoms with Crippen molar-refractivity contribution >= 4 is 29.3 Å². The summed E-state index contributed by atoms with van der Waals surface area (Å²) in [4.78, 5) is 13.1. The van der Waals surface area contributed by atoms with Crippen LogP contribution in [-0.2, 0) is 4.79 Å². The van der Waals surface area contributed by atoms with Crippen LogP contribution in [-0.4, -0.2) is 24.2 Å². The van der Waals surface area contributed by atoms with Crippen LogP contribution in [0, 0.1) is 5.41 Å². The first-order valence-corrected chi connectivity index (χ1v) is 7.83. The molecular weight excluding hydrogens is 286 g/mol. The largest absolute Gasteiger partial charge is 0.478 e. The van der Waals surface area contributed by atoms with Crippen molar-refractivity contribution in [1.29, 1.82) is 0 Å². The number of aliphatic carboxylic acids is 1. The molecule has 1 fully saturated rings. The average Bonchev–Trinajstić information content (AvgIpc) is 2.90. The smallest absolute Gasteiger partial charge is 0.328 e. The normalized spacial score (nSPS) is 17.6. The van der Waals surface area contributed by atoms with Crippen LogP contribution in [0.25, 0.3) is 6.08 Å². The first-order valence-electron chi connectivity index (χ1n) is 7.45. The van der Waals surface area contributed by atoms with Crippen LogP contribution in [0.1, 0.15) is 38.7 Å². The Balaban J connectivity index is 2.30.